The average molecular weight is 167 g/mol. The monoisotopic (exact) mass is 167 g/mol. The second-order valence-corrected chi connectivity index (χ2v) is 2.55. The molecule has 0 spiro atoms. The van der Waals surface area contributed by atoms with Gasteiger partial charge in [0.2, 0.25) is 0 Å². The number of ether oxygens (including phenoxy) is 1. The fraction of sp³-hybridized carbons (Fsp3) is 0.333. The zero-order valence-corrected chi connectivity index (χ0v) is 6.81. The van der Waals surface area contributed by atoms with Gasteiger partial charge in [0.15, 0.2) is 0 Å². The molecule has 3 N–H and O–H groups in total. The van der Waals surface area contributed by atoms with Crippen LogP contribution in [0.15, 0.2) is 30.3 Å². The van der Waals surface area contributed by atoms with Gasteiger partial charge in [-0.05, 0) is 12.1 Å². The molecule has 1 fully saturated rings. The minimum absolute atomic E-state index is 0.190. The molecule has 66 valence electrons. The van der Waals surface area contributed by atoms with Crippen molar-refractivity contribution in [3.63, 3.8) is 0 Å². The van der Waals surface area contributed by atoms with E-state index in [1.165, 1.54) is 0 Å². The number of aliphatic hydroxyl groups is 1. The molecular formula is C9H13NO2. The second kappa shape index (κ2) is 4.74. The van der Waals surface area contributed by atoms with Crippen LogP contribution >= 0.6 is 0 Å². The maximum absolute atomic E-state index is 8.08. The topological polar surface area (TPSA) is 58.8 Å². The molecule has 1 aromatic rings. The van der Waals surface area contributed by atoms with Gasteiger partial charge in [-0.3, -0.25) is 0 Å². The van der Waals surface area contributed by atoms with Gasteiger partial charge >= 0.3 is 0 Å². The fourth-order valence-electron chi connectivity index (χ4n) is 0.626. The Hall–Kier alpha value is -1.06. The maximum atomic E-state index is 8.08. The summed E-state index contributed by atoms with van der Waals surface area (Å²) in [6.07, 6.45) is 0.190. The molecule has 1 heterocycles. The van der Waals surface area contributed by atoms with Crippen LogP contribution in [0.25, 0.3) is 0 Å². The number of epoxide rings is 1. The SMILES string of the molecule is Nc1ccccc1.OCC1CO1. The summed E-state index contributed by atoms with van der Waals surface area (Å²) in [4.78, 5) is 0. The van der Waals surface area contributed by atoms with Gasteiger partial charge < -0.3 is 15.6 Å². The van der Waals surface area contributed by atoms with Crippen LogP contribution < -0.4 is 5.73 Å². The summed E-state index contributed by atoms with van der Waals surface area (Å²) in [6, 6.07) is 9.49. The van der Waals surface area contributed by atoms with Gasteiger partial charge in [-0.2, -0.15) is 0 Å². The van der Waals surface area contributed by atoms with Gasteiger partial charge in [0.25, 0.3) is 0 Å². The van der Waals surface area contributed by atoms with E-state index in [-0.39, 0.29) is 12.7 Å². The molecule has 1 atom stereocenters. The van der Waals surface area contributed by atoms with Crippen molar-refractivity contribution in [3.8, 4) is 0 Å². The first-order chi connectivity index (χ1) is 5.83. The first-order valence-corrected chi connectivity index (χ1v) is 3.86. The number of rotatable bonds is 1. The maximum Gasteiger partial charge on any atom is 0.104 e. The van der Waals surface area contributed by atoms with Gasteiger partial charge in [-0.25, -0.2) is 0 Å². The molecule has 0 aromatic heterocycles. The molecule has 2 rings (SSSR count). The van der Waals surface area contributed by atoms with Crippen LogP contribution in [0.1, 0.15) is 0 Å². The summed E-state index contributed by atoms with van der Waals surface area (Å²) in [5, 5.41) is 8.08. The average Bonchev–Trinajstić information content (AvgIpc) is 2.89. The first kappa shape index (κ1) is 9.03. The number of nitrogens with two attached hydrogens (primary N) is 1. The molecule has 1 aliphatic rings. The van der Waals surface area contributed by atoms with Gasteiger partial charge in [-0.15, -0.1) is 0 Å². The number of aliphatic hydroxyl groups excluding tert-OH is 1. The van der Waals surface area contributed by atoms with E-state index in [2.05, 4.69) is 4.74 Å². The van der Waals surface area contributed by atoms with Crippen molar-refractivity contribution in [2.24, 2.45) is 0 Å². The Kier molecular flexibility index (Phi) is 3.57. The fourth-order valence-corrected chi connectivity index (χ4v) is 0.626. The Morgan fingerprint density at radius 3 is 2.17 bits per heavy atom. The van der Waals surface area contributed by atoms with E-state index in [1.54, 1.807) is 0 Å². The molecule has 0 bridgehead atoms. The summed E-state index contributed by atoms with van der Waals surface area (Å²) in [5.74, 6) is 0. The largest absolute Gasteiger partial charge is 0.399 e. The summed E-state index contributed by atoms with van der Waals surface area (Å²) in [7, 11) is 0. The van der Waals surface area contributed by atoms with Crippen molar-refractivity contribution in [3.05, 3.63) is 30.3 Å². The highest BCUT2D eigenvalue weighted by Crippen LogP contribution is 2.04. The van der Waals surface area contributed by atoms with E-state index < -0.39 is 0 Å². The zero-order chi connectivity index (χ0) is 8.81. The van der Waals surface area contributed by atoms with Crippen molar-refractivity contribution in [1.82, 2.24) is 0 Å². The highest BCUT2D eigenvalue weighted by molar-refractivity contribution is 5.35. The number of para-hydroxylation sites is 1. The van der Waals surface area contributed by atoms with E-state index >= 15 is 0 Å². The quantitative estimate of drug-likeness (QED) is 0.477. The Labute approximate surface area is 71.8 Å². The molecule has 0 saturated carbocycles. The van der Waals surface area contributed by atoms with Crippen molar-refractivity contribution < 1.29 is 9.84 Å². The van der Waals surface area contributed by atoms with E-state index in [4.69, 9.17) is 10.8 Å². The number of benzene rings is 1. The van der Waals surface area contributed by atoms with Crippen molar-refractivity contribution in [1.29, 1.82) is 0 Å². The van der Waals surface area contributed by atoms with Crippen molar-refractivity contribution >= 4 is 5.69 Å². The summed E-state index contributed by atoms with van der Waals surface area (Å²) in [6.45, 7) is 0.955. The van der Waals surface area contributed by atoms with Crippen LogP contribution in [0.4, 0.5) is 5.69 Å². The van der Waals surface area contributed by atoms with Crippen LogP contribution in [0.2, 0.25) is 0 Å². The molecule has 0 radical (unpaired) electrons. The molecule has 0 amide bonds. The second-order valence-electron chi connectivity index (χ2n) is 2.55. The molecule has 3 nitrogen and oxygen atoms in total. The van der Waals surface area contributed by atoms with E-state index in [9.17, 15) is 0 Å². The van der Waals surface area contributed by atoms with E-state index in [0.29, 0.717) is 0 Å². The normalized spacial score (nSPS) is 19.2. The molecule has 1 saturated heterocycles. The van der Waals surface area contributed by atoms with Crippen LogP contribution in [0.3, 0.4) is 0 Å². The highest BCUT2D eigenvalue weighted by Gasteiger charge is 2.19. The van der Waals surface area contributed by atoms with Crippen molar-refractivity contribution in [2.45, 2.75) is 6.10 Å². The molecule has 3 heteroatoms. The standard InChI is InChI=1S/C6H7N.C3H6O2/c7-6-4-2-1-3-5-6;4-1-3-2-5-3/h1-5H,7H2;3-4H,1-2H2. The van der Waals surface area contributed by atoms with Gasteiger partial charge in [0, 0.05) is 5.69 Å². The van der Waals surface area contributed by atoms with Gasteiger partial charge in [-0.1, -0.05) is 18.2 Å². The predicted octanol–water partition coefficient (Wildman–Crippen LogP) is 0.646. The molecule has 1 aromatic carbocycles. The zero-order valence-electron chi connectivity index (χ0n) is 6.81. The minimum Gasteiger partial charge on any atom is -0.399 e. The lowest BCUT2D eigenvalue weighted by Crippen LogP contribution is -1.88. The Morgan fingerprint density at radius 1 is 1.42 bits per heavy atom. The lowest BCUT2D eigenvalue weighted by molar-refractivity contribution is 0.244. The molecule has 1 unspecified atom stereocenters. The van der Waals surface area contributed by atoms with Crippen LogP contribution in [0, 0.1) is 0 Å². The molecule has 0 aliphatic carbocycles. The van der Waals surface area contributed by atoms with E-state index in [0.717, 1.165) is 12.3 Å². The Morgan fingerprint density at radius 2 is 2.00 bits per heavy atom. The third-order valence-electron chi connectivity index (χ3n) is 1.41. The third kappa shape index (κ3) is 3.95. The molecular weight excluding hydrogens is 154 g/mol. The van der Waals surface area contributed by atoms with Crippen LogP contribution in [-0.2, 0) is 4.74 Å². The Balaban J connectivity index is 0.000000127. The van der Waals surface area contributed by atoms with Gasteiger partial charge in [0.1, 0.15) is 6.10 Å². The predicted molar refractivity (Wildman–Crippen MR) is 47.7 cm³/mol. The number of nitrogen functional groups attached to an aromatic ring is 1. The van der Waals surface area contributed by atoms with Crippen molar-refractivity contribution in [2.75, 3.05) is 18.9 Å². The minimum atomic E-state index is 0.190. The Bertz CT molecular complexity index is 209. The third-order valence-corrected chi connectivity index (χ3v) is 1.41. The summed E-state index contributed by atoms with van der Waals surface area (Å²) < 4.78 is 4.61. The number of hydrogen-bond donors (Lipinski definition) is 2. The smallest absolute Gasteiger partial charge is 0.104 e. The highest BCUT2D eigenvalue weighted by atomic mass is 16.6. The summed E-state index contributed by atoms with van der Waals surface area (Å²) >= 11 is 0. The number of hydrogen-bond acceptors (Lipinski definition) is 3. The molecule has 1 aliphatic heterocycles. The first-order valence-electron chi connectivity index (χ1n) is 3.86. The lowest BCUT2D eigenvalue weighted by Gasteiger charge is -1.83. The summed E-state index contributed by atoms with van der Waals surface area (Å²) in [5.41, 5.74) is 6.18. The lowest BCUT2D eigenvalue weighted by atomic mass is 10.3. The van der Waals surface area contributed by atoms with Crippen LogP contribution in [-0.4, -0.2) is 24.4 Å². The van der Waals surface area contributed by atoms with Crippen LogP contribution in [0.5, 0.6) is 0 Å². The van der Waals surface area contributed by atoms with Gasteiger partial charge in [0.05, 0.1) is 13.2 Å². The molecule has 12 heavy (non-hydrogen) atoms. The van der Waals surface area contributed by atoms with E-state index in [1.807, 2.05) is 30.3 Å². The number of anilines is 1.